The van der Waals surface area contributed by atoms with Gasteiger partial charge in [0.25, 0.3) is 0 Å². The number of carboxylic acid groups (broad SMARTS) is 1. The molecule has 3 aromatic carbocycles. The Morgan fingerprint density at radius 1 is 0.838 bits per heavy atom. The van der Waals surface area contributed by atoms with Gasteiger partial charge in [-0.05, 0) is 46.6 Å². The maximum Gasteiger partial charge on any atom is 0.426 e. The number of para-hydroxylation sites is 1. The van der Waals surface area contributed by atoms with Gasteiger partial charge in [0, 0.05) is 12.0 Å². The number of aryl methyl sites for hydroxylation is 1. The smallest absolute Gasteiger partial charge is 0.426 e. The normalized spacial score (nSPS) is 14.1. The quantitative estimate of drug-likeness (QED) is 0.364. The van der Waals surface area contributed by atoms with Gasteiger partial charge in [-0.1, -0.05) is 114 Å². The zero-order chi connectivity index (χ0) is 27.6. The van der Waals surface area contributed by atoms with Crippen LogP contribution in [0.3, 0.4) is 0 Å². The number of benzene rings is 3. The van der Waals surface area contributed by atoms with Crippen LogP contribution in [-0.2, 0) is 21.0 Å². The van der Waals surface area contributed by atoms with Crippen LogP contribution in [0, 0.1) is 12.3 Å². The van der Waals surface area contributed by atoms with Crippen LogP contribution in [0.1, 0.15) is 63.8 Å². The van der Waals surface area contributed by atoms with E-state index in [1.54, 1.807) is 18.2 Å². The summed E-state index contributed by atoms with van der Waals surface area (Å²) in [6.07, 6.45) is -1.58. The summed E-state index contributed by atoms with van der Waals surface area (Å²) in [4.78, 5) is 12.1. The Kier molecular flexibility index (Phi) is 7.91. The third-order valence-corrected chi connectivity index (χ3v) is 8.27. The van der Waals surface area contributed by atoms with Gasteiger partial charge in [-0.2, -0.15) is 17.4 Å². The summed E-state index contributed by atoms with van der Waals surface area (Å²) < 4.78 is 30.2. The molecule has 1 atom stereocenters. The molecule has 6 nitrogen and oxygen atoms in total. The van der Waals surface area contributed by atoms with E-state index in [-0.39, 0.29) is 17.6 Å². The first-order valence-electron chi connectivity index (χ1n) is 12.4. The van der Waals surface area contributed by atoms with Gasteiger partial charge in [0.1, 0.15) is 0 Å². The van der Waals surface area contributed by atoms with Crippen LogP contribution in [0.25, 0.3) is 0 Å². The van der Waals surface area contributed by atoms with Gasteiger partial charge < -0.3 is 5.11 Å². The lowest BCUT2D eigenvalue weighted by Crippen LogP contribution is -2.54. The number of amides is 1. The molecule has 198 valence electrons. The average molecular weight is 523 g/mol. The van der Waals surface area contributed by atoms with E-state index in [4.69, 9.17) is 0 Å². The van der Waals surface area contributed by atoms with Gasteiger partial charge in [-0.25, -0.2) is 4.79 Å². The summed E-state index contributed by atoms with van der Waals surface area (Å²) in [5, 5.41) is 9.87. The first-order chi connectivity index (χ1) is 17.1. The van der Waals surface area contributed by atoms with E-state index in [9.17, 15) is 18.3 Å². The van der Waals surface area contributed by atoms with Gasteiger partial charge in [0.05, 0.1) is 5.69 Å². The highest BCUT2D eigenvalue weighted by atomic mass is 32.2. The third kappa shape index (κ3) is 5.73. The van der Waals surface area contributed by atoms with E-state index in [1.165, 1.54) is 12.1 Å². The Labute approximate surface area is 221 Å². The Balaban J connectivity index is 2.27. The van der Waals surface area contributed by atoms with Gasteiger partial charge >= 0.3 is 16.3 Å². The standard InChI is InChI=1S/C30H38N2O4S/c1-22-18-19-25(26(20-22)28(2,3)4)30(29(5,6)7,23-14-10-8-11-15-23)21-31-37(35,36)32(27(33)34)24-16-12-9-13-17-24/h8-20,31H,21H2,1-7H3,(H,33,34). The van der Waals surface area contributed by atoms with Crippen LogP contribution >= 0.6 is 0 Å². The largest absolute Gasteiger partial charge is 0.464 e. The first kappa shape index (κ1) is 28.4. The Hall–Kier alpha value is -3.16. The Morgan fingerprint density at radius 2 is 1.38 bits per heavy atom. The van der Waals surface area contributed by atoms with Crippen molar-refractivity contribution in [3.63, 3.8) is 0 Å². The number of carbonyl (C=O) groups is 1. The highest BCUT2D eigenvalue weighted by Gasteiger charge is 2.48. The van der Waals surface area contributed by atoms with Crippen molar-refractivity contribution in [2.75, 3.05) is 10.8 Å². The van der Waals surface area contributed by atoms with Gasteiger partial charge in [0.2, 0.25) is 0 Å². The van der Waals surface area contributed by atoms with Crippen LogP contribution in [0.4, 0.5) is 10.5 Å². The van der Waals surface area contributed by atoms with Crippen molar-refractivity contribution in [2.45, 2.75) is 59.3 Å². The van der Waals surface area contributed by atoms with Gasteiger partial charge in [-0.15, -0.1) is 0 Å². The Morgan fingerprint density at radius 3 is 1.86 bits per heavy atom. The molecule has 3 rings (SSSR count). The van der Waals surface area contributed by atoms with Crippen molar-refractivity contribution in [3.05, 3.63) is 101 Å². The highest BCUT2D eigenvalue weighted by Crippen LogP contribution is 2.49. The highest BCUT2D eigenvalue weighted by molar-refractivity contribution is 7.91. The fourth-order valence-electron chi connectivity index (χ4n) is 5.01. The lowest BCUT2D eigenvalue weighted by molar-refractivity contribution is 0.205. The summed E-state index contributed by atoms with van der Waals surface area (Å²) in [5.41, 5.74) is 2.73. The fourth-order valence-corrected chi connectivity index (χ4v) is 6.14. The maximum absolute atomic E-state index is 13.6. The van der Waals surface area contributed by atoms with Crippen LogP contribution < -0.4 is 9.03 Å². The van der Waals surface area contributed by atoms with Crippen molar-refractivity contribution in [3.8, 4) is 0 Å². The van der Waals surface area contributed by atoms with Crippen molar-refractivity contribution in [1.29, 1.82) is 0 Å². The second-order valence-corrected chi connectivity index (χ2v) is 13.1. The molecule has 0 aliphatic carbocycles. The number of rotatable bonds is 7. The van der Waals surface area contributed by atoms with Crippen molar-refractivity contribution in [2.24, 2.45) is 5.41 Å². The van der Waals surface area contributed by atoms with E-state index in [0.29, 0.717) is 4.31 Å². The van der Waals surface area contributed by atoms with Crippen LogP contribution in [0.2, 0.25) is 0 Å². The summed E-state index contributed by atoms with van der Waals surface area (Å²) >= 11 is 0. The lowest BCUT2D eigenvalue weighted by atomic mass is 9.57. The summed E-state index contributed by atoms with van der Waals surface area (Å²) in [6, 6.07) is 24.0. The second-order valence-electron chi connectivity index (χ2n) is 11.5. The van der Waals surface area contributed by atoms with E-state index >= 15 is 0 Å². The van der Waals surface area contributed by atoms with Crippen LogP contribution in [-0.4, -0.2) is 26.2 Å². The molecule has 0 fully saturated rings. The molecule has 0 bridgehead atoms. The zero-order valence-electron chi connectivity index (χ0n) is 22.7. The van der Waals surface area contributed by atoms with Gasteiger partial charge in [-0.3, -0.25) is 0 Å². The molecule has 0 spiro atoms. The monoisotopic (exact) mass is 522 g/mol. The minimum absolute atomic E-state index is 0.0361. The molecular formula is C30H38N2O4S. The summed E-state index contributed by atoms with van der Waals surface area (Å²) in [5.74, 6) is 0. The van der Waals surface area contributed by atoms with E-state index < -0.39 is 27.1 Å². The number of hydrogen-bond donors (Lipinski definition) is 2. The average Bonchev–Trinajstić information content (AvgIpc) is 2.79. The molecule has 0 aliphatic heterocycles. The summed E-state index contributed by atoms with van der Waals surface area (Å²) in [6.45, 7) is 14.7. The molecule has 0 saturated carbocycles. The predicted octanol–water partition coefficient (Wildman–Crippen LogP) is 6.64. The minimum atomic E-state index is -4.46. The van der Waals surface area contributed by atoms with Gasteiger partial charge in [0.15, 0.2) is 0 Å². The number of nitrogens with one attached hydrogen (secondary N) is 1. The third-order valence-electron chi connectivity index (χ3n) is 6.91. The summed E-state index contributed by atoms with van der Waals surface area (Å²) in [7, 11) is -4.46. The lowest BCUT2D eigenvalue weighted by Gasteiger charge is -2.48. The van der Waals surface area contributed by atoms with Crippen molar-refractivity contribution >= 4 is 22.0 Å². The molecule has 0 saturated heterocycles. The fraction of sp³-hybridized carbons (Fsp3) is 0.367. The molecule has 3 aromatic rings. The van der Waals surface area contributed by atoms with Crippen molar-refractivity contribution in [1.82, 2.24) is 4.72 Å². The van der Waals surface area contributed by atoms with Crippen molar-refractivity contribution < 1.29 is 18.3 Å². The molecular weight excluding hydrogens is 484 g/mol. The zero-order valence-corrected chi connectivity index (χ0v) is 23.6. The number of anilines is 1. The van der Waals surface area contributed by atoms with E-state index in [2.05, 4.69) is 64.5 Å². The molecule has 7 heteroatoms. The second kappa shape index (κ2) is 10.3. The van der Waals surface area contributed by atoms with E-state index in [0.717, 1.165) is 22.3 Å². The van der Waals surface area contributed by atoms with Crippen LogP contribution in [0.15, 0.2) is 78.9 Å². The molecule has 1 amide bonds. The predicted molar refractivity (Wildman–Crippen MR) is 150 cm³/mol. The molecule has 2 N–H and O–H groups in total. The molecule has 37 heavy (non-hydrogen) atoms. The molecule has 1 unspecified atom stereocenters. The van der Waals surface area contributed by atoms with Crippen LogP contribution in [0.5, 0.6) is 0 Å². The number of nitrogens with zero attached hydrogens (tertiary/aromatic N) is 1. The SMILES string of the molecule is Cc1ccc(C(CNS(=O)(=O)N(C(=O)O)c2ccccc2)(c2ccccc2)C(C)(C)C)c(C(C)(C)C)c1. The molecule has 0 radical (unpaired) electrons. The maximum atomic E-state index is 13.6. The first-order valence-corrected chi connectivity index (χ1v) is 13.8. The molecule has 0 aromatic heterocycles. The number of hydrogen-bond acceptors (Lipinski definition) is 3. The molecule has 0 aliphatic rings. The minimum Gasteiger partial charge on any atom is -0.464 e. The Bertz CT molecular complexity index is 1340. The topological polar surface area (TPSA) is 86.7 Å². The van der Waals surface area contributed by atoms with E-state index in [1.807, 2.05) is 37.3 Å². The molecule has 0 heterocycles.